The molecule has 0 aliphatic carbocycles. The Morgan fingerprint density at radius 2 is 1.75 bits per heavy atom. The fourth-order valence-corrected chi connectivity index (χ4v) is 2.00. The van der Waals surface area contributed by atoms with Gasteiger partial charge in [0, 0.05) is 5.92 Å². The van der Waals surface area contributed by atoms with Crippen molar-refractivity contribution >= 4 is 58.1 Å². The number of halogens is 2. The van der Waals surface area contributed by atoms with Crippen molar-refractivity contribution in [2.24, 2.45) is 5.92 Å². The van der Waals surface area contributed by atoms with Crippen molar-refractivity contribution in [3.63, 3.8) is 0 Å². The molecule has 1 amide bonds. The van der Waals surface area contributed by atoms with Gasteiger partial charge in [0.25, 0.3) is 0 Å². The van der Waals surface area contributed by atoms with Gasteiger partial charge in [0.05, 0.1) is 21.3 Å². The summed E-state index contributed by atoms with van der Waals surface area (Å²) < 4.78 is 0. The molecule has 1 rings (SSSR count). The molecular weight excluding hydrogens is 323 g/mol. The molecule has 20 heavy (non-hydrogen) atoms. The van der Waals surface area contributed by atoms with Crippen LogP contribution in [0.1, 0.15) is 24.2 Å². The van der Waals surface area contributed by atoms with Gasteiger partial charge < -0.3 is 15.7 Å². The van der Waals surface area contributed by atoms with E-state index in [4.69, 9.17) is 40.5 Å². The molecule has 0 unspecified atom stereocenters. The van der Waals surface area contributed by atoms with Crippen LogP contribution in [-0.2, 0) is 4.79 Å². The van der Waals surface area contributed by atoms with E-state index in [-0.39, 0.29) is 38.2 Å². The van der Waals surface area contributed by atoms with Crippen molar-refractivity contribution in [3.05, 3.63) is 27.7 Å². The summed E-state index contributed by atoms with van der Waals surface area (Å²) in [7, 11) is 0. The Kier molecular flexibility index (Phi) is 5.74. The Morgan fingerprint density at radius 1 is 1.25 bits per heavy atom. The van der Waals surface area contributed by atoms with Crippen LogP contribution < -0.4 is 10.6 Å². The fourth-order valence-electron chi connectivity index (χ4n) is 1.22. The van der Waals surface area contributed by atoms with Crippen molar-refractivity contribution < 1.29 is 14.7 Å². The number of thiocarbonyl (C=S) groups is 1. The lowest BCUT2D eigenvalue weighted by molar-refractivity contribution is -0.122. The van der Waals surface area contributed by atoms with Gasteiger partial charge in [-0.2, -0.15) is 0 Å². The highest BCUT2D eigenvalue weighted by Gasteiger charge is 2.15. The summed E-state index contributed by atoms with van der Waals surface area (Å²) >= 11 is 16.8. The standard InChI is InChI=1S/C12H12Cl2N2O3S/c1-5(2)10(17)16-12(20)15-9-7(13)3-6(11(18)19)4-8(9)14/h3-5H,1-2H3,(H,18,19)(H2,15,16,17,20). The van der Waals surface area contributed by atoms with Gasteiger partial charge in [-0.1, -0.05) is 37.0 Å². The Bertz CT molecular complexity index is 553. The van der Waals surface area contributed by atoms with Gasteiger partial charge in [-0.3, -0.25) is 4.79 Å². The zero-order valence-corrected chi connectivity index (χ0v) is 13.0. The van der Waals surface area contributed by atoms with E-state index in [0.29, 0.717) is 0 Å². The van der Waals surface area contributed by atoms with Crippen molar-refractivity contribution in [1.29, 1.82) is 0 Å². The van der Waals surface area contributed by atoms with E-state index in [0.717, 1.165) is 0 Å². The molecular formula is C12H12Cl2N2O3S. The van der Waals surface area contributed by atoms with Gasteiger partial charge in [-0.25, -0.2) is 4.79 Å². The third kappa shape index (κ3) is 4.33. The molecule has 0 aliphatic rings. The highest BCUT2D eigenvalue weighted by atomic mass is 35.5. The lowest BCUT2D eigenvalue weighted by atomic mass is 10.2. The maximum absolute atomic E-state index is 11.5. The predicted octanol–water partition coefficient (Wildman–Crippen LogP) is 3.16. The number of hydrogen-bond donors (Lipinski definition) is 3. The van der Waals surface area contributed by atoms with Crippen molar-refractivity contribution in [3.8, 4) is 0 Å². The SMILES string of the molecule is CC(C)C(=O)NC(=S)Nc1c(Cl)cc(C(=O)O)cc1Cl. The summed E-state index contributed by atoms with van der Waals surface area (Å²) in [5.74, 6) is -1.62. The number of carbonyl (C=O) groups excluding carboxylic acids is 1. The zero-order chi connectivity index (χ0) is 15.4. The number of carboxylic acid groups (broad SMARTS) is 1. The number of rotatable bonds is 3. The summed E-state index contributed by atoms with van der Waals surface area (Å²) in [6.07, 6.45) is 0. The van der Waals surface area contributed by atoms with Crippen LogP contribution in [0.5, 0.6) is 0 Å². The van der Waals surface area contributed by atoms with E-state index in [1.807, 2.05) is 0 Å². The second kappa shape index (κ2) is 6.88. The van der Waals surface area contributed by atoms with Crippen LogP contribution in [0.2, 0.25) is 10.0 Å². The number of hydrogen-bond acceptors (Lipinski definition) is 3. The summed E-state index contributed by atoms with van der Waals surface area (Å²) in [4.78, 5) is 22.3. The number of carboxylic acids is 1. The molecule has 108 valence electrons. The molecule has 0 bridgehead atoms. The van der Waals surface area contributed by atoms with Gasteiger partial charge in [0.2, 0.25) is 5.91 Å². The first-order valence-electron chi connectivity index (χ1n) is 5.56. The fraction of sp³-hybridized carbons (Fsp3) is 0.250. The van der Waals surface area contributed by atoms with Gasteiger partial charge in [-0.05, 0) is 24.4 Å². The van der Waals surface area contributed by atoms with Crippen molar-refractivity contribution in [1.82, 2.24) is 5.32 Å². The molecule has 0 heterocycles. The van der Waals surface area contributed by atoms with Gasteiger partial charge >= 0.3 is 5.97 Å². The molecule has 0 saturated heterocycles. The first kappa shape index (κ1) is 16.7. The number of benzene rings is 1. The number of carbonyl (C=O) groups is 2. The molecule has 0 fully saturated rings. The van der Waals surface area contributed by atoms with Crippen LogP contribution in [0.3, 0.4) is 0 Å². The Labute approximate surface area is 131 Å². The zero-order valence-electron chi connectivity index (χ0n) is 10.7. The smallest absolute Gasteiger partial charge is 0.335 e. The average molecular weight is 335 g/mol. The van der Waals surface area contributed by atoms with Crippen LogP contribution in [-0.4, -0.2) is 22.1 Å². The molecule has 3 N–H and O–H groups in total. The minimum absolute atomic E-state index is 0.0376. The normalized spacial score (nSPS) is 10.2. The topological polar surface area (TPSA) is 78.4 Å². The molecule has 1 aromatic carbocycles. The molecule has 0 saturated carbocycles. The number of nitrogens with one attached hydrogen (secondary N) is 2. The number of aromatic carboxylic acids is 1. The van der Waals surface area contributed by atoms with Gasteiger partial charge in [0.15, 0.2) is 5.11 Å². The summed E-state index contributed by atoms with van der Waals surface area (Å²) in [6.45, 7) is 3.44. The monoisotopic (exact) mass is 334 g/mol. The van der Waals surface area contributed by atoms with Crippen molar-refractivity contribution in [2.75, 3.05) is 5.32 Å². The largest absolute Gasteiger partial charge is 0.478 e. The van der Waals surface area contributed by atoms with Crippen LogP contribution in [0.25, 0.3) is 0 Å². The molecule has 0 radical (unpaired) electrons. The average Bonchev–Trinajstić information content (AvgIpc) is 2.33. The molecule has 1 aromatic rings. The highest BCUT2D eigenvalue weighted by molar-refractivity contribution is 7.80. The Hall–Kier alpha value is -1.37. The lowest BCUT2D eigenvalue weighted by Crippen LogP contribution is -2.36. The summed E-state index contributed by atoms with van der Waals surface area (Å²) in [6, 6.07) is 2.48. The van der Waals surface area contributed by atoms with E-state index in [1.165, 1.54) is 12.1 Å². The van der Waals surface area contributed by atoms with Crippen LogP contribution in [0.4, 0.5) is 5.69 Å². The molecule has 8 heteroatoms. The minimum Gasteiger partial charge on any atom is -0.478 e. The third-order valence-corrected chi connectivity index (χ3v) is 3.09. The quantitative estimate of drug-likeness (QED) is 0.740. The first-order valence-corrected chi connectivity index (χ1v) is 6.73. The van der Waals surface area contributed by atoms with E-state index in [9.17, 15) is 9.59 Å². The number of amides is 1. The third-order valence-electron chi connectivity index (χ3n) is 2.29. The van der Waals surface area contributed by atoms with Crippen molar-refractivity contribution in [2.45, 2.75) is 13.8 Å². The van der Waals surface area contributed by atoms with E-state index >= 15 is 0 Å². The van der Waals surface area contributed by atoms with Crippen LogP contribution in [0, 0.1) is 5.92 Å². The van der Waals surface area contributed by atoms with Crippen LogP contribution >= 0.6 is 35.4 Å². The van der Waals surface area contributed by atoms with Crippen LogP contribution in [0.15, 0.2) is 12.1 Å². The molecule has 0 atom stereocenters. The molecule has 0 aromatic heterocycles. The molecule has 0 aliphatic heterocycles. The summed E-state index contributed by atoms with van der Waals surface area (Å²) in [5.41, 5.74) is 0.204. The van der Waals surface area contributed by atoms with Gasteiger partial charge in [0.1, 0.15) is 0 Å². The Morgan fingerprint density at radius 3 is 2.15 bits per heavy atom. The predicted molar refractivity (Wildman–Crippen MR) is 82.6 cm³/mol. The maximum atomic E-state index is 11.5. The first-order chi connectivity index (χ1) is 9.22. The Balaban J connectivity index is 2.91. The van der Waals surface area contributed by atoms with E-state index in [1.54, 1.807) is 13.8 Å². The molecule has 5 nitrogen and oxygen atoms in total. The number of anilines is 1. The minimum atomic E-state index is -1.14. The van der Waals surface area contributed by atoms with E-state index < -0.39 is 5.97 Å². The summed E-state index contributed by atoms with van der Waals surface area (Å²) in [5, 5.41) is 14.2. The van der Waals surface area contributed by atoms with E-state index in [2.05, 4.69) is 10.6 Å². The van der Waals surface area contributed by atoms with Gasteiger partial charge in [-0.15, -0.1) is 0 Å². The lowest BCUT2D eigenvalue weighted by Gasteiger charge is -2.14. The molecule has 0 spiro atoms. The second-order valence-corrected chi connectivity index (χ2v) is 5.44. The maximum Gasteiger partial charge on any atom is 0.335 e. The second-order valence-electron chi connectivity index (χ2n) is 4.22. The highest BCUT2D eigenvalue weighted by Crippen LogP contribution is 2.31.